The molecule has 0 spiro atoms. The summed E-state index contributed by atoms with van der Waals surface area (Å²) in [6, 6.07) is 10.3. The second kappa shape index (κ2) is 10.2. The molecule has 0 aliphatic carbocycles. The van der Waals surface area contributed by atoms with Crippen LogP contribution in [0.5, 0.6) is 17.2 Å². The van der Waals surface area contributed by atoms with E-state index in [0.29, 0.717) is 42.7 Å². The minimum absolute atomic E-state index is 0.280. The topological polar surface area (TPSA) is 83.1 Å². The number of hydrogen-bond donors (Lipinski definition) is 1. The SMILES string of the molecule is O=C(COC(=O)COc1ccc(Cl)cc1Cl)NCCc1ccc2c(c1)OCCO2. The van der Waals surface area contributed by atoms with E-state index in [2.05, 4.69) is 5.32 Å². The summed E-state index contributed by atoms with van der Waals surface area (Å²) < 4.78 is 21.1. The fraction of sp³-hybridized carbons (Fsp3) is 0.300. The number of carbonyl (C=O) groups is 2. The van der Waals surface area contributed by atoms with E-state index < -0.39 is 18.5 Å². The van der Waals surface area contributed by atoms with Gasteiger partial charge in [0.25, 0.3) is 5.91 Å². The molecule has 2 aromatic carbocycles. The first kappa shape index (κ1) is 21.1. The van der Waals surface area contributed by atoms with E-state index in [9.17, 15) is 9.59 Å². The lowest BCUT2D eigenvalue weighted by atomic mass is 10.1. The standard InChI is InChI=1S/C20H19Cl2NO6/c21-14-2-4-16(15(22)10-14)28-12-20(25)29-11-19(24)23-6-5-13-1-3-17-18(9-13)27-8-7-26-17/h1-4,9-10H,5-8,11-12H2,(H,23,24). The van der Waals surface area contributed by atoms with Crippen molar-refractivity contribution in [1.82, 2.24) is 5.32 Å². The largest absolute Gasteiger partial charge is 0.486 e. The molecule has 9 heteroatoms. The number of nitrogens with one attached hydrogen (secondary N) is 1. The molecule has 3 rings (SSSR count). The number of hydrogen-bond acceptors (Lipinski definition) is 6. The predicted molar refractivity (Wildman–Crippen MR) is 107 cm³/mol. The van der Waals surface area contributed by atoms with E-state index in [-0.39, 0.29) is 11.6 Å². The van der Waals surface area contributed by atoms with Gasteiger partial charge in [0.2, 0.25) is 0 Å². The highest BCUT2D eigenvalue weighted by Gasteiger charge is 2.12. The van der Waals surface area contributed by atoms with Crippen LogP contribution in [0.1, 0.15) is 5.56 Å². The van der Waals surface area contributed by atoms with E-state index in [4.69, 9.17) is 42.1 Å². The van der Waals surface area contributed by atoms with E-state index in [1.165, 1.54) is 6.07 Å². The number of benzene rings is 2. The van der Waals surface area contributed by atoms with Crippen LogP contribution in [0.4, 0.5) is 0 Å². The summed E-state index contributed by atoms with van der Waals surface area (Å²) in [6.07, 6.45) is 0.606. The highest BCUT2D eigenvalue weighted by atomic mass is 35.5. The molecule has 1 amide bonds. The Labute approximate surface area is 177 Å². The van der Waals surface area contributed by atoms with E-state index >= 15 is 0 Å². The lowest BCUT2D eigenvalue weighted by Crippen LogP contribution is -2.31. The lowest BCUT2D eigenvalue weighted by molar-refractivity contribution is -0.150. The Bertz CT molecular complexity index is 889. The van der Waals surface area contributed by atoms with Crippen molar-refractivity contribution in [3.63, 3.8) is 0 Å². The molecule has 0 bridgehead atoms. The van der Waals surface area contributed by atoms with Crippen LogP contribution in [0.15, 0.2) is 36.4 Å². The zero-order valence-corrected chi connectivity index (χ0v) is 16.9. The van der Waals surface area contributed by atoms with Gasteiger partial charge in [0, 0.05) is 11.6 Å². The number of rotatable bonds is 8. The van der Waals surface area contributed by atoms with Crippen molar-refractivity contribution in [2.75, 3.05) is 33.0 Å². The number of amides is 1. The third-order valence-electron chi connectivity index (χ3n) is 3.95. The van der Waals surface area contributed by atoms with Gasteiger partial charge in [-0.25, -0.2) is 4.79 Å². The molecule has 0 unspecified atom stereocenters. The highest BCUT2D eigenvalue weighted by molar-refractivity contribution is 6.35. The van der Waals surface area contributed by atoms with Crippen molar-refractivity contribution >= 4 is 35.1 Å². The summed E-state index contributed by atoms with van der Waals surface area (Å²) in [5.41, 5.74) is 1.000. The summed E-state index contributed by atoms with van der Waals surface area (Å²) in [7, 11) is 0. The fourth-order valence-electron chi connectivity index (χ4n) is 2.56. The van der Waals surface area contributed by atoms with Gasteiger partial charge in [0.05, 0.1) is 5.02 Å². The van der Waals surface area contributed by atoms with Crippen LogP contribution in [-0.2, 0) is 20.7 Å². The zero-order valence-electron chi connectivity index (χ0n) is 15.4. The molecule has 0 radical (unpaired) electrons. The number of halogens is 2. The van der Waals surface area contributed by atoms with Crippen LogP contribution < -0.4 is 19.5 Å². The van der Waals surface area contributed by atoms with E-state index in [1.807, 2.05) is 18.2 Å². The van der Waals surface area contributed by atoms with Gasteiger partial charge < -0.3 is 24.3 Å². The van der Waals surface area contributed by atoms with Crippen LogP contribution in [-0.4, -0.2) is 44.8 Å². The maximum atomic E-state index is 11.8. The quantitative estimate of drug-likeness (QED) is 0.636. The highest BCUT2D eigenvalue weighted by Crippen LogP contribution is 2.30. The predicted octanol–water partition coefficient (Wildman–Crippen LogP) is 3.05. The van der Waals surface area contributed by atoms with Crippen molar-refractivity contribution in [2.24, 2.45) is 0 Å². The molecule has 2 aromatic rings. The fourth-order valence-corrected chi connectivity index (χ4v) is 3.02. The van der Waals surface area contributed by atoms with E-state index in [1.54, 1.807) is 12.1 Å². The minimum Gasteiger partial charge on any atom is -0.486 e. The molecular weight excluding hydrogens is 421 g/mol. The van der Waals surface area contributed by atoms with Gasteiger partial charge in [-0.1, -0.05) is 29.3 Å². The number of esters is 1. The van der Waals surface area contributed by atoms with Gasteiger partial charge in [-0.15, -0.1) is 0 Å². The first-order chi connectivity index (χ1) is 14.0. The molecule has 1 aliphatic rings. The molecule has 1 aliphatic heterocycles. The molecule has 0 aromatic heterocycles. The molecule has 29 heavy (non-hydrogen) atoms. The van der Waals surface area contributed by atoms with Crippen molar-refractivity contribution in [1.29, 1.82) is 0 Å². The van der Waals surface area contributed by atoms with Gasteiger partial charge in [0.1, 0.15) is 19.0 Å². The van der Waals surface area contributed by atoms with Gasteiger partial charge in [-0.05, 0) is 42.3 Å². The van der Waals surface area contributed by atoms with Gasteiger partial charge in [0.15, 0.2) is 24.7 Å². The summed E-state index contributed by atoms with van der Waals surface area (Å²) in [5, 5.41) is 3.43. The molecule has 7 nitrogen and oxygen atoms in total. The summed E-state index contributed by atoms with van der Waals surface area (Å²) in [6.45, 7) is 0.696. The average molecular weight is 440 g/mol. The molecule has 154 valence electrons. The molecule has 0 saturated carbocycles. The van der Waals surface area contributed by atoms with Crippen LogP contribution in [0.25, 0.3) is 0 Å². The zero-order chi connectivity index (χ0) is 20.6. The van der Waals surface area contributed by atoms with Crippen molar-refractivity contribution in [3.8, 4) is 17.2 Å². The smallest absolute Gasteiger partial charge is 0.344 e. The minimum atomic E-state index is -0.682. The third kappa shape index (κ3) is 6.44. The second-order valence-electron chi connectivity index (χ2n) is 6.10. The first-order valence-electron chi connectivity index (χ1n) is 8.90. The van der Waals surface area contributed by atoms with Crippen LogP contribution in [0.2, 0.25) is 10.0 Å². The Morgan fingerprint density at radius 3 is 2.59 bits per heavy atom. The molecular formula is C20H19Cl2NO6. The summed E-state index contributed by atoms with van der Waals surface area (Å²) >= 11 is 11.7. The third-order valence-corrected chi connectivity index (χ3v) is 4.48. The Morgan fingerprint density at radius 1 is 1.00 bits per heavy atom. The number of carbonyl (C=O) groups excluding carboxylic acids is 2. The summed E-state index contributed by atoms with van der Waals surface area (Å²) in [5.74, 6) is 0.642. The van der Waals surface area contributed by atoms with Gasteiger partial charge in [-0.3, -0.25) is 4.79 Å². The van der Waals surface area contributed by atoms with Gasteiger partial charge in [-0.2, -0.15) is 0 Å². The first-order valence-corrected chi connectivity index (χ1v) is 9.65. The second-order valence-corrected chi connectivity index (χ2v) is 6.95. The Morgan fingerprint density at radius 2 is 1.79 bits per heavy atom. The van der Waals surface area contributed by atoms with Crippen molar-refractivity contribution < 1.29 is 28.5 Å². The summed E-state index contributed by atoms with van der Waals surface area (Å²) in [4.78, 5) is 23.5. The van der Waals surface area contributed by atoms with Crippen LogP contribution in [0.3, 0.4) is 0 Å². The Kier molecular flexibility index (Phi) is 7.43. The van der Waals surface area contributed by atoms with E-state index in [0.717, 1.165) is 11.3 Å². The molecule has 1 heterocycles. The Hall–Kier alpha value is -2.64. The maximum Gasteiger partial charge on any atom is 0.344 e. The lowest BCUT2D eigenvalue weighted by Gasteiger charge is -2.18. The normalized spacial score (nSPS) is 12.2. The van der Waals surface area contributed by atoms with Crippen molar-refractivity contribution in [3.05, 3.63) is 52.0 Å². The molecule has 0 atom stereocenters. The molecule has 0 fully saturated rings. The average Bonchev–Trinajstić information content (AvgIpc) is 2.71. The molecule has 0 saturated heterocycles. The number of ether oxygens (including phenoxy) is 4. The Balaban J connectivity index is 1.34. The number of fused-ring (bicyclic) bond motifs is 1. The van der Waals surface area contributed by atoms with Crippen molar-refractivity contribution in [2.45, 2.75) is 6.42 Å². The maximum absolute atomic E-state index is 11.8. The monoisotopic (exact) mass is 439 g/mol. The van der Waals surface area contributed by atoms with Crippen LogP contribution >= 0.6 is 23.2 Å². The van der Waals surface area contributed by atoms with Crippen LogP contribution in [0, 0.1) is 0 Å². The van der Waals surface area contributed by atoms with Gasteiger partial charge >= 0.3 is 5.97 Å². The molecule has 1 N–H and O–H groups in total.